The van der Waals surface area contributed by atoms with Gasteiger partial charge >= 0.3 is 0 Å². The van der Waals surface area contributed by atoms with E-state index in [2.05, 4.69) is 10.4 Å². The summed E-state index contributed by atoms with van der Waals surface area (Å²) in [5.41, 5.74) is 0.187. The lowest BCUT2D eigenvalue weighted by atomic mass is 10.2. The first-order valence-electron chi connectivity index (χ1n) is 8.20. The summed E-state index contributed by atoms with van der Waals surface area (Å²) in [6, 6.07) is 14.0. The van der Waals surface area contributed by atoms with Crippen LogP contribution < -0.4 is 21.2 Å². The van der Waals surface area contributed by atoms with E-state index >= 15 is 0 Å². The van der Waals surface area contributed by atoms with Gasteiger partial charge in [-0.1, -0.05) is 30.3 Å². The van der Waals surface area contributed by atoms with E-state index in [0.29, 0.717) is 23.1 Å². The van der Waals surface area contributed by atoms with Crippen molar-refractivity contribution in [2.45, 2.75) is 19.5 Å². The van der Waals surface area contributed by atoms with Crippen molar-refractivity contribution in [1.29, 1.82) is 0 Å². The van der Waals surface area contributed by atoms with Crippen LogP contribution in [-0.4, -0.2) is 22.8 Å². The number of aromatic amines is 1. The number of ether oxygens (including phenoxy) is 1. The van der Waals surface area contributed by atoms with Gasteiger partial charge in [-0.2, -0.15) is 0 Å². The standard InChI is InChI=1S/C19H19N3O4/c1-26-16-9-5-2-6-13(16)12-20-17(23)10-11-22-19(25)15-8-4-3-7-14(15)18(24)21-22/h2-9H,10-12H2,1H3,(H,20,23)(H,21,24). The smallest absolute Gasteiger partial charge is 0.273 e. The maximum atomic E-state index is 12.4. The Balaban J connectivity index is 1.67. The SMILES string of the molecule is COc1ccccc1CNC(=O)CCn1[nH]c(=O)c2ccccc2c1=O. The summed E-state index contributed by atoms with van der Waals surface area (Å²) in [6.45, 7) is 0.419. The summed E-state index contributed by atoms with van der Waals surface area (Å²) >= 11 is 0. The normalized spacial score (nSPS) is 10.7. The summed E-state index contributed by atoms with van der Waals surface area (Å²) in [5.74, 6) is 0.472. The highest BCUT2D eigenvalue weighted by Crippen LogP contribution is 2.16. The second-order valence-electron chi connectivity index (χ2n) is 5.78. The highest BCUT2D eigenvalue weighted by Gasteiger charge is 2.09. The Morgan fingerprint density at radius 1 is 1.08 bits per heavy atom. The van der Waals surface area contributed by atoms with Crippen molar-refractivity contribution in [1.82, 2.24) is 15.1 Å². The molecule has 26 heavy (non-hydrogen) atoms. The lowest BCUT2D eigenvalue weighted by Gasteiger charge is -2.10. The van der Waals surface area contributed by atoms with Gasteiger partial charge in [-0.05, 0) is 18.2 Å². The summed E-state index contributed by atoms with van der Waals surface area (Å²) in [7, 11) is 1.57. The molecule has 0 radical (unpaired) electrons. The molecule has 0 spiro atoms. The third-order valence-electron chi connectivity index (χ3n) is 4.11. The Kier molecular flexibility index (Phi) is 5.17. The molecule has 0 saturated heterocycles. The van der Waals surface area contributed by atoms with Gasteiger partial charge in [0.15, 0.2) is 0 Å². The maximum absolute atomic E-state index is 12.4. The molecule has 0 aliphatic carbocycles. The van der Waals surface area contributed by atoms with E-state index in [1.54, 1.807) is 31.4 Å². The number of carbonyl (C=O) groups is 1. The molecule has 0 saturated carbocycles. The number of amides is 1. The number of fused-ring (bicyclic) bond motifs is 1. The Labute approximate surface area is 149 Å². The topological polar surface area (TPSA) is 93.2 Å². The third kappa shape index (κ3) is 3.66. The number of benzene rings is 2. The molecule has 2 N–H and O–H groups in total. The summed E-state index contributed by atoms with van der Waals surface area (Å²) < 4.78 is 6.41. The van der Waals surface area contributed by atoms with Gasteiger partial charge in [0.25, 0.3) is 11.1 Å². The average molecular weight is 353 g/mol. The van der Waals surface area contributed by atoms with Gasteiger partial charge in [0, 0.05) is 18.5 Å². The van der Waals surface area contributed by atoms with E-state index in [-0.39, 0.29) is 30.0 Å². The quantitative estimate of drug-likeness (QED) is 0.701. The molecule has 2 aromatic carbocycles. The number of nitrogens with zero attached hydrogens (tertiary/aromatic N) is 1. The molecule has 0 aliphatic rings. The first-order valence-corrected chi connectivity index (χ1v) is 8.20. The number of hydrogen-bond acceptors (Lipinski definition) is 4. The van der Waals surface area contributed by atoms with Crippen molar-refractivity contribution in [2.24, 2.45) is 0 Å². The molecular weight excluding hydrogens is 334 g/mol. The Morgan fingerprint density at radius 2 is 1.77 bits per heavy atom. The van der Waals surface area contributed by atoms with Gasteiger partial charge in [-0.25, -0.2) is 4.68 Å². The molecule has 0 bridgehead atoms. The molecule has 0 atom stereocenters. The largest absolute Gasteiger partial charge is 0.496 e. The van der Waals surface area contributed by atoms with Crippen molar-refractivity contribution in [3.63, 3.8) is 0 Å². The molecular formula is C19H19N3O4. The van der Waals surface area contributed by atoms with Crippen molar-refractivity contribution in [3.05, 3.63) is 74.8 Å². The second kappa shape index (κ2) is 7.69. The molecule has 1 amide bonds. The first-order chi connectivity index (χ1) is 12.6. The van der Waals surface area contributed by atoms with Crippen LogP contribution in [0.15, 0.2) is 58.1 Å². The van der Waals surface area contributed by atoms with Crippen molar-refractivity contribution in [3.8, 4) is 5.75 Å². The molecule has 7 heteroatoms. The van der Waals surface area contributed by atoms with Crippen LogP contribution >= 0.6 is 0 Å². The molecule has 134 valence electrons. The van der Waals surface area contributed by atoms with Gasteiger partial charge < -0.3 is 10.1 Å². The minimum Gasteiger partial charge on any atom is -0.496 e. The van der Waals surface area contributed by atoms with Crippen LogP contribution in [0, 0.1) is 0 Å². The fraction of sp³-hybridized carbons (Fsp3) is 0.211. The predicted octanol–water partition coefficient (Wildman–Crippen LogP) is 1.40. The van der Waals surface area contributed by atoms with E-state index in [1.807, 2.05) is 24.3 Å². The highest BCUT2D eigenvalue weighted by atomic mass is 16.5. The summed E-state index contributed by atoms with van der Waals surface area (Å²) in [5, 5.41) is 5.98. The fourth-order valence-corrected chi connectivity index (χ4v) is 2.75. The molecule has 1 aromatic heterocycles. The zero-order valence-corrected chi connectivity index (χ0v) is 14.3. The molecule has 7 nitrogen and oxygen atoms in total. The van der Waals surface area contributed by atoms with Crippen LogP contribution in [0.3, 0.4) is 0 Å². The number of carbonyl (C=O) groups excluding carboxylic acids is 1. The number of methoxy groups -OCH3 is 1. The van der Waals surface area contributed by atoms with E-state index in [9.17, 15) is 14.4 Å². The second-order valence-corrected chi connectivity index (χ2v) is 5.78. The monoisotopic (exact) mass is 353 g/mol. The van der Waals surface area contributed by atoms with Crippen molar-refractivity contribution in [2.75, 3.05) is 7.11 Å². The lowest BCUT2D eigenvalue weighted by molar-refractivity contribution is -0.121. The molecule has 3 aromatic rings. The molecule has 1 heterocycles. The minimum absolute atomic E-state index is 0.0728. The number of rotatable bonds is 6. The van der Waals surface area contributed by atoms with Gasteiger partial charge in [-0.15, -0.1) is 0 Å². The molecule has 3 rings (SSSR count). The number of hydrogen-bond donors (Lipinski definition) is 2. The zero-order valence-electron chi connectivity index (χ0n) is 14.3. The zero-order chi connectivity index (χ0) is 18.5. The first kappa shape index (κ1) is 17.5. The third-order valence-corrected chi connectivity index (χ3v) is 4.11. The summed E-state index contributed by atoms with van der Waals surface area (Å²) in [6.07, 6.45) is 0.0728. The van der Waals surface area contributed by atoms with Gasteiger partial charge in [-0.3, -0.25) is 19.5 Å². The van der Waals surface area contributed by atoms with Crippen molar-refractivity contribution < 1.29 is 9.53 Å². The van der Waals surface area contributed by atoms with Crippen LogP contribution in [0.25, 0.3) is 10.8 Å². The summed E-state index contributed by atoms with van der Waals surface area (Å²) in [4.78, 5) is 36.5. The lowest BCUT2D eigenvalue weighted by Crippen LogP contribution is -2.32. The van der Waals surface area contributed by atoms with Crippen LogP contribution in [0.5, 0.6) is 5.75 Å². The number of para-hydroxylation sites is 1. The predicted molar refractivity (Wildman–Crippen MR) is 98.3 cm³/mol. The highest BCUT2D eigenvalue weighted by molar-refractivity contribution is 5.80. The van der Waals surface area contributed by atoms with Crippen LogP contribution in [0.2, 0.25) is 0 Å². The Morgan fingerprint density at radius 3 is 2.54 bits per heavy atom. The Bertz CT molecular complexity index is 1050. The number of H-pyrrole nitrogens is 1. The Hall–Kier alpha value is -3.35. The van der Waals surface area contributed by atoms with E-state index < -0.39 is 0 Å². The average Bonchev–Trinajstić information content (AvgIpc) is 2.68. The number of aromatic nitrogens is 2. The van der Waals surface area contributed by atoms with Gasteiger partial charge in [0.1, 0.15) is 5.75 Å². The molecule has 0 aliphatic heterocycles. The van der Waals surface area contributed by atoms with Gasteiger partial charge in [0.2, 0.25) is 5.91 Å². The maximum Gasteiger partial charge on any atom is 0.273 e. The fourth-order valence-electron chi connectivity index (χ4n) is 2.75. The molecule has 0 fully saturated rings. The van der Waals surface area contributed by atoms with Crippen LogP contribution in [0.4, 0.5) is 0 Å². The van der Waals surface area contributed by atoms with Crippen molar-refractivity contribution >= 4 is 16.7 Å². The minimum atomic E-state index is -0.352. The van der Waals surface area contributed by atoms with E-state index in [0.717, 1.165) is 5.56 Å². The number of nitrogens with one attached hydrogen (secondary N) is 2. The molecule has 0 unspecified atom stereocenters. The van der Waals surface area contributed by atoms with E-state index in [1.165, 1.54) is 4.68 Å². The van der Waals surface area contributed by atoms with Crippen LogP contribution in [-0.2, 0) is 17.9 Å². The van der Waals surface area contributed by atoms with E-state index in [4.69, 9.17) is 4.74 Å². The number of aryl methyl sites for hydroxylation is 1. The van der Waals surface area contributed by atoms with Gasteiger partial charge in [0.05, 0.1) is 24.4 Å². The van der Waals surface area contributed by atoms with Crippen LogP contribution in [0.1, 0.15) is 12.0 Å².